The average molecular weight is 436 g/mol. The van der Waals surface area contributed by atoms with E-state index >= 15 is 0 Å². The van der Waals surface area contributed by atoms with Crippen LogP contribution in [0, 0.1) is 11.7 Å². The summed E-state index contributed by atoms with van der Waals surface area (Å²) >= 11 is 0. The smallest absolute Gasteiger partial charge is 0.309 e. The molecule has 2 N–H and O–H groups in total. The van der Waals surface area contributed by atoms with Crippen LogP contribution in [0.2, 0.25) is 0 Å². The standard InChI is InChI=1S/C26H25FO5/c1-15(26(29)30)25(28)18-7-8-19-14-32-24(12-20(19)11-18)17-5-3-16(4-6-17)22-13-21(31-2)9-10-23(22)27/h3-11,13,15,24-25,28H,12,14H2,1-2H3,(H,29,30)/t15-,24+,25+/m0/s1. The third kappa shape index (κ3) is 4.38. The number of fused-ring (bicyclic) bond motifs is 1. The van der Waals surface area contributed by atoms with E-state index in [1.165, 1.54) is 13.0 Å². The Labute approximate surface area is 186 Å². The summed E-state index contributed by atoms with van der Waals surface area (Å²) in [6, 6.07) is 17.7. The van der Waals surface area contributed by atoms with Crippen molar-refractivity contribution in [1.82, 2.24) is 0 Å². The van der Waals surface area contributed by atoms with E-state index in [1.54, 1.807) is 25.3 Å². The molecule has 0 saturated heterocycles. The molecule has 0 unspecified atom stereocenters. The van der Waals surface area contributed by atoms with Crippen LogP contribution in [-0.4, -0.2) is 23.3 Å². The number of carboxylic acid groups (broad SMARTS) is 1. The van der Waals surface area contributed by atoms with Crippen LogP contribution in [0.4, 0.5) is 4.39 Å². The summed E-state index contributed by atoms with van der Waals surface area (Å²) in [7, 11) is 1.55. The third-order valence-electron chi connectivity index (χ3n) is 6.05. The highest BCUT2D eigenvalue weighted by molar-refractivity contribution is 5.70. The van der Waals surface area contributed by atoms with Crippen molar-refractivity contribution in [3.05, 3.63) is 88.7 Å². The molecule has 0 radical (unpaired) electrons. The zero-order chi connectivity index (χ0) is 22.8. The average Bonchev–Trinajstić information content (AvgIpc) is 2.82. The van der Waals surface area contributed by atoms with Gasteiger partial charge < -0.3 is 19.7 Å². The maximum Gasteiger partial charge on any atom is 0.309 e. The van der Waals surface area contributed by atoms with Crippen LogP contribution in [0.5, 0.6) is 5.75 Å². The van der Waals surface area contributed by atoms with Crippen molar-refractivity contribution >= 4 is 5.97 Å². The van der Waals surface area contributed by atoms with Crippen LogP contribution in [0.3, 0.4) is 0 Å². The zero-order valence-electron chi connectivity index (χ0n) is 17.9. The van der Waals surface area contributed by atoms with Gasteiger partial charge in [-0.1, -0.05) is 42.5 Å². The quantitative estimate of drug-likeness (QED) is 0.564. The van der Waals surface area contributed by atoms with E-state index in [9.17, 15) is 19.4 Å². The van der Waals surface area contributed by atoms with E-state index in [1.807, 2.05) is 36.4 Å². The Kier molecular flexibility index (Phi) is 6.26. The summed E-state index contributed by atoms with van der Waals surface area (Å²) in [5.74, 6) is -1.66. The fourth-order valence-corrected chi connectivity index (χ4v) is 3.98. The number of benzene rings is 3. The number of ether oxygens (including phenoxy) is 2. The van der Waals surface area contributed by atoms with Crippen LogP contribution >= 0.6 is 0 Å². The molecule has 0 spiro atoms. The van der Waals surface area contributed by atoms with E-state index in [4.69, 9.17) is 9.47 Å². The molecule has 0 aliphatic carbocycles. The van der Waals surface area contributed by atoms with Crippen LogP contribution in [-0.2, 0) is 22.6 Å². The molecule has 3 aromatic carbocycles. The van der Waals surface area contributed by atoms with Gasteiger partial charge in [-0.05, 0) is 52.9 Å². The number of hydrogen-bond acceptors (Lipinski definition) is 4. The summed E-state index contributed by atoms with van der Waals surface area (Å²) in [5, 5.41) is 19.6. The Morgan fingerprint density at radius 2 is 1.84 bits per heavy atom. The number of hydrogen-bond donors (Lipinski definition) is 2. The molecule has 1 aliphatic rings. The first kappa shape index (κ1) is 22.0. The van der Waals surface area contributed by atoms with Gasteiger partial charge in [-0.15, -0.1) is 0 Å². The van der Waals surface area contributed by atoms with Crippen LogP contribution in [0.25, 0.3) is 11.1 Å². The van der Waals surface area contributed by atoms with Gasteiger partial charge in [0.25, 0.3) is 0 Å². The van der Waals surface area contributed by atoms with Gasteiger partial charge in [0.2, 0.25) is 0 Å². The van der Waals surface area contributed by atoms with Crippen molar-refractivity contribution in [3.8, 4) is 16.9 Å². The topological polar surface area (TPSA) is 76.0 Å². The number of aliphatic carboxylic acids is 1. The Bertz CT molecular complexity index is 1130. The van der Waals surface area contributed by atoms with Gasteiger partial charge in [0.05, 0.1) is 31.8 Å². The van der Waals surface area contributed by atoms with E-state index < -0.39 is 18.0 Å². The van der Waals surface area contributed by atoms with Crippen LogP contribution < -0.4 is 4.74 Å². The van der Waals surface area contributed by atoms with Gasteiger partial charge in [0.1, 0.15) is 11.6 Å². The molecular weight excluding hydrogens is 411 g/mol. The van der Waals surface area contributed by atoms with Crippen molar-refractivity contribution in [2.24, 2.45) is 5.92 Å². The maximum atomic E-state index is 14.3. The lowest BCUT2D eigenvalue weighted by Gasteiger charge is -2.27. The fraction of sp³-hybridized carbons (Fsp3) is 0.269. The van der Waals surface area contributed by atoms with Crippen LogP contribution in [0.1, 0.15) is 41.4 Å². The molecule has 0 bridgehead atoms. The molecule has 1 aliphatic heterocycles. The number of aliphatic hydroxyl groups excluding tert-OH is 1. The van der Waals surface area contributed by atoms with Crippen molar-refractivity contribution in [2.45, 2.75) is 32.2 Å². The number of rotatable bonds is 6. The van der Waals surface area contributed by atoms with E-state index in [0.717, 1.165) is 22.3 Å². The number of methoxy groups -OCH3 is 1. The second kappa shape index (κ2) is 9.10. The third-order valence-corrected chi connectivity index (χ3v) is 6.05. The molecular formula is C26H25FO5. The predicted octanol–water partition coefficient (Wildman–Crippen LogP) is 5.07. The lowest BCUT2D eigenvalue weighted by Crippen LogP contribution is -2.20. The summed E-state index contributed by atoms with van der Waals surface area (Å²) < 4.78 is 25.5. The van der Waals surface area contributed by atoms with Gasteiger partial charge in [-0.3, -0.25) is 4.79 Å². The molecule has 0 saturated carbocycles. The van der Waals surface area contributed by atoms with Gasteiger partial charge in [0.15, 0.2) is 0 Å². The van der Waals surface area contributed by atoms with E-state index in [0.29, 0.717) is 29.9 Å². The Morgan fingerprint density at radius 1 is 1.09 bits per heavy atom. The zero-order valence-corrected chi connectivity index (χ0v) is 17.9. The normalized spacial score (nSPS) is 17.3. The number of aliphatic hydroxyl groups is 1. The molecule has 0 amide bonds. The number of carboxylic acids is 1. The highest BCUT2D eigenvalue weighted by Gasteiger charge is 2.26. The minimum Gasteiger partial charge on any atom is -0.497 e. The monoisotopic (exact) mass is 436 g/mol. The Morgan fingerprint density at radius 3 is 2.53 bits per heavy atom. The van der Waals surface area contributed by atoms with Crippen molar-refractivity contribution in [1.29, 1.82) is 0 Å². The van der Waals surface area contributed by atoms with Crippen molar-refractivity contribution in [3.63, 3.8) is 0 Å². The van der Waals surface area contributed by atoms with Gasteiger partial charge in [-0.25, -0.2) is 4.39 Å². The molecule has 4 rings (SSSR count). The lowest BCUT2D eigenvalue weighted by atomic mass is 9.89. The molecule has 1 heterocycles. The first-order valence-corrected chi connectivity index (χ1v) is 10.5. The summed E-state index contributed by atoms with van der Waals surface area (Å²) in [5.41, 5.74) is 4.82. The fourth-order valence-electron chi connectivity index (χ4n) is 3.98. The molecule has 3 aromatic rings. The SMILES string of the molecule is COc1ccc(F)c(-c2ccc([C@H]3Cc4cc([C@H](O)[C@H](C)C(=O)O)ccc4CO3)cc2)c1. The molecule has 5 nitrogen and oxygen atoms in total. The van der Waals surface area contributed by atoms with Crippen molar-refractivity contribution < 1.29 is 28.9 Å². The molecule has 0 aromatic heterocycles. The number of carbonyl (C=O) groups is 1. The largest absolute Gasteiger partial charge is 0.497 e. The molecule has 166 valence electrons. The Balaban J connectivity index is 1.55. The highest BCUT2D eigenvalue weighted by Crippen LogP contribution is 2.35. The lowest BCUT2D eigenvalue weighted by molar-refractivity contribution is -0.145. The van der Waals surface area contributed by atoms with Gasteiger partial charge in [-0.2, -0.15) is 0 Å². The van der Waals surface area contributed by atoms with Crippen molar-refractivity contribution in [2.75, 3.05) is 7.11 Å². The van der Waals surface area contributed by atoms with Crippen LogP contribution in [0.15, 0.2) is 60.7 Å². The highest BCUT2D eigenvalue weighted by atomic mass is 19.1. The summed E-state index contributed by atoms with van der Waals surface area (Å²) in [6.07, 6.45) is -0.656. The van der Waals surface area contributed by atoms with E-state index in [2.05, 4.69) is 0 Å². The predicted molar refractivity (Wildman–Crippen MR) is 118 cm³/mol. The maximum absolute atomic E-state index is 14.3. The minimum absolute atomic E-state index is 0.184. The summed E-state index contributed by atoms with van der Waals surface area (Å²) in [4.78, 5) is 11.2. The summed E-state index contributed by atoms with van der Waals surface area (Å²) in [6.45, 7) is 1.92. The molecule has 3 atom stereocenters. The first-order valence-electron chi connectivity index (χ1n) is 10.5. The molecule has 0 fully saturated rings. The first-order chi connectivity index (χ1) is 15.4. The van der Waals surface area contributed by atoms with E-state index in [-0.39, 0.29) is 11.9 Å². The second-order valence-electron chi connectivity index (χ2n) is 8.07. The Hall–Kier alpha value is -3.22. The van der Waals surface area contributed by atoms with Gasteiger partial charge in [0, 0.05) is 12.0 Å². The van der Waals surface area contributed by atoms with Gasteiger partial charge >= 0.3 is 5.97 Å². The minimum atomic E-state index is -1.07. The molecule has 32 heavy (non-hydrogen) atoms. The number of halogens is 1. The molecule has 6 heteroatoms. The second-order valence-corrected chi connectivity index (χ2v) is 8.07.